The standard InChI is InChI=1S/C26H36N4O3/c1-5-11-30-21(4)24(28-16-18-32-19-17-28)20(3)25(30)26(31)29-14-12-27(13-15-29)22-9-7-8-10-23(22)33-6-2/h5,7-10H,1,6,11-19H2,2-4H3. The average Bonchev–Trinajstić information content (AvgIpc) is 3.09. The molecule has 0 aliphatic carbocycles. The number of nitrogens with zero attached hydrogens (tertiary/aromatic N) is 4. The molecule has 7 heteroatoms. The highest BCUT2D eigenvalue weighted by Gasteiger charge is 2.31. The highest BCUT2D eigenvalue weighted by Crippen LogP contribution is 2.33. The van der Waals surface area contributed by atoms with Gasteiger partial charge in [-0.15, -0.1) is 6.58 Å². The normalized spacial score (nSPS) is 16.8. The van der Waals surface area contributed by atoms with Crippen LogP contribution in [-0.2, 0) is 11.3 Å². The summed E-state index contributed by atoms with van der Waals surface area (Å²) in [6.45, 7) is 17.5. The Morgan fingerprint density at radius 3 is 2.42 bits per heavy atom. The summed E-state index contributed by atoms with van der Waals surface area (Å²) in [4.78, 5) is 20.4. The highest BCUT2D eigenvalue weighted by molar-refractivity contribution is 5.97. The SMILES string of the molecule is C=CCn1c(C)c(N2CCOCC2)c(C)c1C(=O)N1CCN(c2ccccc2OCC)CC1. The minimum atomic E-state index is 0.106. The molecule has 2 aliphatic heterocycles. The van der Waals surface area contributed by atoms with Crippen LogP contribution in [0.15, 0.2) is 36.9 Å². The molecule has 0 N–H and O–H groups in total. The minimum absolute atomic E-state index is 0.106. The number of hydrogen-bond donors (Lipinski definition) is 0. The van der Waals surface area contributed by atoms with Gasteiger partial charge in [0, 0.05) is 57.1 Å². The van der Waals surface area contributed by atoms with E-state index >= 15 is 0 Å². The molecule has 0 bridgehead atoms. The van der Waals surface area contributed by atoms with Gasteiger partial charge in [0.2, 0.25) is 0 Å². The molecule has 7 nitrogen and oxygen atoms in total. The summed E-state index contributed by atoms with van der Waals surface area (Å²) >= 11 is 0. The topological polar surface area (TPSA) is 50.2 Å². The highest BCUT2D eigenvalue weighted by atomic mass is 16.5. The summed E-state index contributed by atoms with van der Waals surface area (Å²) in [7, 11) is 0. The van der Waals surface area contributed by atoms with Crippen LogP contribution in [0.5, 0.6) is 5.75 Å². The van der Waals surface area contributed by atoms with Crippen molar-refractivity contribution in [2.75, 3.05) is 68.9 Å². The Kier molecular flexibility index (Phi) is 7.28. The van der Waals surface area contributed by atoms with E-state index < -0.39 is 0 Å². The lowest BCUT2D eigenvalue weighted by molar-refractivity contribution is 0.0735. The van der Waals surface area contributed by atoms with Crippen LogP contribution < -0.4 is 14.5 Å². The lowest BCUT2D eigenvalue weighted by Crippen LogP contribution is -2.49. The number of aromatic nitrogens is 1. The van der Waals surface area contributed by atoms with Crippen LogP contribution in [0, 0.1) is 13.8 Å². The van der Waals surface area contributed by atoms with Gasteiger partial charge in [0.15, 0.2) is 0 Å². The van der Waals surface area contributed by atoms with Gasteiger partial charge in [-0.05, 0) is 32.9 Å². The first-order chi connectivity index (χ1) is 16.1. The minimum Gasteiger partial charge on any atom is -0.492 e. The smallest absolute Gasteiger partial charge is 0.270 e. The second-order valence-electron chi connectivity index (χ2n) is 8.59. The number of ether oxygens (including phenoxy) is 2. The van der Waals surface area contributed by atoms with E-state index in [1.54, 1.807) is 0 Å². The zero-order chi connectivity index (χ0) is 23.4. The molecule has 0 atom stereocenters. The van der Waals surface area contributed by atoms with E-state index in [4.69, 9.17) is 9.47 Å². The Labute approximate surface area is 197 Å². The second-order valence-corrected chi connectivity index (χ2v) is 8.59. The summed E-state index contributed by atoms with van der Waals surface area (Å²) in [5.41, 5.74) is 5.25. The number of hydrogen-bond acceptors (Lipinski definition) is 5. The number of piperazine rings is 1. The van der Waals surface area contributed by atoms with E-state index in [-0.39, 0.29) is 5.91 Å². The van der Waals surface area contributed by atoms with Crippen molar-refractivity contribution in [3.63, 3.8) is 0 Å². The van der Waals surface area contributed by atoms with E-state index in [1.165, 1.54) is 5.69 Å². The zero-order valence-corrected chi connectivity index (χ0v) is 20.2. The number of allylic oxidation sites excluding steroid dienone is 1. The van der Waals surface area contributed by atoms with Crippen molar-refractivity contribution in [1.82, 2.24) is 9.47 Å². The lowest BCUT2D eigenvalue weighted by Gasteiger charge is -2.37. The van der Waals surface area contributed by atoms with Crippen molar-refractivity contribution >= 4 is 17.3 Å². The summed E-state index contributed by atoms with van der Waals surface area (Å²) in [6, 6.07) is 8.15. The quantitative estimate of drug-likeness (QED) is 0.602. The van der Waals surface area contributed by atoms with Crippen LogP contribution in [0.3, 0.4) is 0 Å². The number of amides is 1. The number of benzene rings is 1. The first kappa shape index (κ1) is 23.2. The molecule has 1 amide bonds. The second kappa shape index (κ2) is 10.3. The molecule has 2 saturated heterocycles. The molecule has 2 aliphatic rings. The molecule has 3 heterocycles. The van der Waals surface area contributed by atoms with Crippen molar-refractivity contribution in [1.29, 1.82) is 0 Å². The van der Waals surface area contributed by atoms with E-state index in [0.29, 0.717) is 26.2 Å². The fourth-order valence-electron chi connectivity index (χ4n) is 5.06. The number of carbonyl (C=O) groups is 1. The lowest BCUT2D eigenvalue weighted by atomic mass is 10.1. The molecular formula is C26H36N4O3. The third-order valence-electron chi connectivity index (χ3n) is 6.64. The van der Waals surface area contributed by atoms with Crippen LogP contribution in [-0.4, -0.2) is 74.5 Å². The van der Waals surface area contributed by atoms with E-state index in [2.05, 4.69) is 40.9 Å². The predicted molar refractivity (Wildman–Crippen MR) is 133 cm³/mol. The molecule has 2 fully saturated rings. The van der Waals surface area contributed by atoms with E-state index in [0.717, 1.165) is 67.8 Å². The van der Waals surface area contributed by atoms with Gasteiger partial charge >= 0.3 is 0 Å². The molecule has 0 radical (unpaired) electrons. The van der Waals surface area contributed by atoms with Gasteiger partial charge < -0.3 is 28.7 Å². The van der Waals surface area contributed by atoms with Crippen molar-refractivity contribution < 1.29 is 14.3 Å². The number of para-hydroxylation sites is 2. The number of rotatable bonds is 7. The molecule has 0 spiro atoms. The number of morpholine rings is 1. The third kappa shape index (κ3) is 4.60. The van der Waals surface area contributed by atoms with Crippen LogP contribution >= 0.6 is 0 Å². The van der Waals surface area contributed by atoms with Crippen LogP contribution in [0.2, 0.25) is 0 Å². The van der Waals surface area contributed by atoms with Gasteiger partial charge in [0.05, 0.1) is 31.2 Å². The average molecular weight is 453 g/mol. The monoisotopic (exact) mass is 452 g/mol. The van der Waals surface area contributed by atoms with Gasteiger partial charge in [0.1, 0.15) is 11.4 Å². The molecule has 0 unspecified atom stereocenters. The van der Waals surface area contributed by atoms with E-state index in [9.17, 15) is 4.79 Å². The molecule has 0 saturated carbocycles. The van der Waals surface area contributed by atoms with Gasteiger partial charge in [-0.3, -0.25) is 4.79 Å². The Balaban J connectivity index is 1.55. The largest absolute Gasteiger partial charge is 0.492 e. The first-order valence-electron chi connectivity index (χ1n) is 12.0. The molecule has 2 aromatic rings. The molecule has 1 aromatic carbocycles. The summed E-state index contributed by atoms with van der Waals surface area (Å²) in [5, 5.41) is 0. The molecule has 33 heavy (non-hydrogen) atoms. The summed E-state index contributed by atoms with van der Waals surface area (Å²) in [5.74, 6) is 1.01. The molecule has 4 rings (SSSR count). The van der Waals surface area contributed by atoms with Gasteiger partial charge in [0.25, 0.3) is 5.91 Å². The van der Waals surface area contributed by atoms with E-state index in [1.807, 2.05) is 36.1 Å². The van der Waals surface area contributed by atoms with Gasteiger partial charge in [-0.25, -0.2) is 0 Å². The van der Waals surface area contributed by atoms with Gasteiger partial charge in [-0.1, -0.05) is 18.2 Å². The molecular weight excluding hydrogens is 416 g/mol. The predicted octanol–water partition coefficient (Wildman–Crippen LogP) is 3.49. The molecule has 1 aromatic heterocycles. The maximum atomic E-state index is 13.8. The Morgan fingerprint density at radius 2 is 1.76 bits per heavy atom. The third-order valence-corrected chi connectivity index (χ3v) is 6.64. The van der Waals surface area contributed by atoms with Crippen molar-refractivity contribution in [3.8, 4) is 5.75 Å². The first-order valence-corrected chi connectivity index (χ1v) is 12.0. The van der Waals surface area contributed by atoms with Crippen LogP contribution in [0.4, 0.5) is 11.4 Å². The Morgan fingerprint density at radius 1 is 1.06 bits per heavy atom. The van der Waals surface area contributed by atoms with Crippen molar-refractivity contribution in [3.05, 3.63) is 53.9 Å². The maximum absolute atomic E-state index is 13.8. The fourth-order valence-corrected chi connectivity index (χ4v) is 5.06. The summed E-state index contributed by atoms with van der Waals surface area (Å²) in [6.07, 6.45) is 1.87. The van der Waals surface area contributed by atoms with Crippen molar-refractivity contribution in [2.24, 2.45) is 0 Å². The van der Waals surface area contributed by atoms with Crippen molar-refractivity contribution in [2.45, 2.75) is 27.3 Å². The zero-order valence-electron chi connectivity index (χ0n) is 20.2. The molecule has 178 valence electrons. The Bertz CT molecular complexity index is 986. The number of carbonyl (C=O) groups excluding carboxylic acids is 1. The van der Waals surface area contributed by atoms with Crippen LogP contribution in [0.1, 0.15) is 28.7 Å². The maximum Gasteiger partial charge on any atom is 0.270 e. The fraction of sp³-hybridized carbons (Fsp3) is 0.500. The Hall–Kier alpha value is -2.93. The summed E-state index contributed by atoms with van der Waals surface area (Å²) < 4.78 is 13.5. The van der Waals surface area contributed by atoms with Gasteiger partial charge in [-0.2, -0.15) is 0 Å². The van der Waals surface area contributed by atoms with Crippen LogP contribution in [0.25, 0.3) is 0 Å². The number of anilines is 2.